The molecule has 1 aromatic carbocycles. The molecule has 0 saturated heterocycles. The van der Waals surface area contributed by atoms with Crippen molar-refractivity contribution in [2.45, 2.75) is 51.5 Å². The zero-order chi connectivity index (χ0) is 13.6. The molecule has 3 rings (SSSR count). The average molecular weight is 296 g/mol. The van der Waals surface area contributed by atoms with E-state index in [2.05, 4.69) is 32.3 Å². The van der Waals surface area contributed by atoms with Gasteiger partial charge in [0.2, 0.25) is 0 Å². The van der Waals surface area contributed by atoms with Crippen LogP contribution in [0, 0.1) is 19.8 Å². The van der Waals surface area contributed by atoms with E-state index in [9.17, 15) is 0 Å². The maximum Gasteiger partial charge on any atom is 0.126 e. The molecule has 0 aromatic heterocycles. The molecular weight excluding hydrogens is 270 g/mol. The first-order valence-electron chi connectivity index (χ1n) is 7.54. The van der Waals surface area contributed by atoms with Crippen molar-refractivity contribution in [1.82, 2.24) is 5.32 Å². The van der Waals surface area contributed by atoms with E-state index in [1.165, 1.54) is 42.4 Å². The molecule has 0 spiro atoms. The summed E-state index contributed by atoms with van der Waals surface area (Å²) < 4.78 is 5.74. The minimum Gasteiger partial charge on any atom is -0.496 e. The lowest BCUT2D eigenvalue weighted by Gasteiger charge is -2.29. The Labute approximate surface area is 128 Å². The number of hydrogen-bond acceptors (Lipinski definition) is 2. The van der Waals surface area contributed by atoms with Crippen molar-refractivity contribution in [2.24, 2.45) is 5.92 Å². The Bertz CT molecular complexity index is 500. The van der Waals surface area contributed by atoms with Crippen molar-refractivity contribution >= 4 is 12.4 Å². The van der Waals surface area contributed by atoms with Crippen LogP contribution in [0.1, 0.15) is 59.9 Å². The van der Waals surface area contributed by atoms with Gasteiger partial charge in [-0.1, -0.05) is 18.9 Å². The third kappa shape index (κ3) is 2.14. The Balaban J connectivity index is 0.00000147. The van der Waals surface area contributed by atoms with E-state index in [0.717, 1.165) is 17.6 Å². The molecule has 2 aliphatic carbocycles. The Morgan fingerprint density at radius 3 is 2.45 bits per heavy atom. The molecule has 3 atom stereocenters. The van der Waals surface area contributed by atoms with Gasteiger partial charge in [-0.05, 0) is 62.3 Å². The highest BCUT2D eigenvalue weighted by Gasteiger charge is 2.43. The number of hydrogen-bond donors (Lipinski definition) is 1. The molecule has 1 saturated carbocycles. The number of fused-ring (bicyclic) bond motifs is 3. The number of benzene rings is 1. The zero-order valence-electron chi connectivity index (χ0n) is 13.0. The van der Waals surface area contributed by atoms with Crippen LogP contribution in [0.2, 0.25) is 0 Å². The van der Waals surface area contributed by atoms with Crippen LogP contribution in [0.5, 0.6) is 5.75 Å². The smallest absolute Gasteiger partial charge is 0.126 e. The Hall–Kier alpha value is -0.730. The lowest BCUT2D eigenvalue weighted by Crippen LogP contribution is -2.25. The maximum atomic E-state index is 5.74. The number of halogens is 1. The molecule has 0 aliphatic heterocycles. The zero-order valence-corrected chi connectivity index (χ0v) is 13.8. The van der Waals surface area contributed by atoms with Crippen LogP contribution in [0.25, 0.3) is 0 Å². The van der Waals surface area contributed by atoms with Gasteiger partial charge in [0.25, 0.3) is 0 Å². The van der Waals surface area contributed by atoms with Gasteiger partial charge in [-0.2, -0.15) is 0 Å². The highest BCUT2D eigenvalue weighted by molar-refractivity contribution is 5.85. The van der Waals surface area contributed by atoms with Crippen molar-refractivity contribution in [1.29, 1.82) is 0 Å². The van der Waals surface area contributed by atoms with Crippen LogP contribution in [-0.2, 0) is 0 Å². The van der Waals surface area contributed by atoms with Crippen LogP contribution in [0.4, 0.5) is 0 Å². The molecule has 1 aromatic rings. The van der Waals surface area contributed by atoms with Crippen LogP contribution in [0.15, 0.2) is 6.07 Å². The molecule has 1 fully saturated rings. The summed E-state index contributed by atoms with van der Waals surface area (Å²) in [6.45, 7) is 4.44. The number of ether oxygens (including phenoxy) is 1. The van der Waals surface area contributed by atoms with Gasteiger partial charge >= 0.3 is 0 Å². The fourth-order valence-electron chi connectivity index (χ4n) is 4.58. The summed E-state index contributed by atoms with van der Waals surface area (Å²) in [5.74, 6) is 2.63. The standard InChI is InChI=1S/C17H25NO.ClH/c1-10-9-11(2)17(19-4)15-14(10)12-7-5-6-8-13(12)16(15)18-3;/h9,12-13,16,18H,5-8H2,1-4H3;1H. The Morgan fingerprint density at radius 1 is 1.10 bits per heavy atom. The van der Waals surface area contributed by atoms with Gasteiger partial charge in [-0.15, -0.1) is 12.4 Å². The van der Waals surface area contributed by atoms with Crippen molar-refractivity contribution < 1.29 is 4.74 Å². The lowest BCUT2D eigenvalue weighted by molar-refractivity contribution is 0.269. The summed E-state index contributed by atoms with van der Waals surface area (Å²) in [4.78, 5) is 0. The highest BCUT2D eigenvalue weighted by Crippen LogP contribution is 2.56. The fourth-order valence-corrected chi connectivity index (χ4v) is 4.58. The molecule has 2 aliphatic rings. The molecule has 112 valence electrons. The van der Waals surface area contributed by atoms with Gasteiger partial charge in [0.1, 0.15) is 5.75 Å². The van der Waals surface area contributed by atoms with Crippen molar-refractivity contribution in [3.8, 4) is 5.75 Å². The molecule has 3 heteroatoms. The van der Waals surface area contributed by atoms with E-state index < -0.39 is 0 Å². The van der Waals surface area contributed by atoms with Crippen molar-refractivity contribution in [3.05, 3.63) is 28.3 Å². The second-order valence-electron chi connectivity index (χ2n) is 6.19. The van der Waals surface area contributed by atoms with Gasteiger partial charge in [0.05, 0.1) is 7.11 Å². The summed E-state index contributed by atoms with van der Waals surface area (Å²) in [6, 6.07) is 2.79. The summed E-state index contributed by atoms with van der Waals surface area (Å²) in [5, 5.41) is 3.57. The number of methoxy groups -OCH3 is 1. The summed E-state index contributed by atoms with van der Waals surface area (Å²) >= 11 is 0. The van der Waals surface area contributed by atoms with Crippen molar-refractivity contribution in [3.63, 3.8) is 0 Å². The monoisotopic (exact) mass is 295 g/mol. The van der Waals surface area contributed by atoms with Gasteiger partial charge in [-0.25, -0.2) is 0 Å². The summed E-state index contributed by atoms with van der Waals surface area (Å²) in [5.41, 5.74) is 5.78. The average Bonchev–Trinajstić information content (AvgIpc) is 2.73. The largest absolute Gasteiger partial charge is 0.496 e. The number of rotatable bonds is 2. The minimum absolute atomic E-state index is 0. The first kappa shape index (κ1) is 15.7. The predicted molar refractivity (Wildman–Crippen MR) is 86.2 cm³/mol. The topological polar surface area (TPSA) is 21.3 Å². The second-order valence-corrected chi connectivity index (χ2v) is 6.19. The van der Waals surface area contributed by atoms with Crippen LogP contribution in [-0.4, -0.2) is 14.2 Å². The first-order valence-corrected chi connectivity index (χ1v) is 7.54. The van der Waals surface area contributed by atoms with Gasteiger partial charge in [0.15, 0.2) is 0 Å². The second kappa shape index (κ2) is 5.95. The molecular formula is C17H26ClNO. The minimum atomic E-state index is 0. The van der Waals surface area contributed by atoms with Gasteiger partial charge < -0.3 is 10.1 Å². The van der Waals surface area contributed by atoms with Crippen LogP contribution in [0.3, 0.4) is 0 Å². The number of aryl methyl sites for hydroxylation is 2. The molecule has 0 radical (unpaired) electrons. The highest BCUT2D eigenvalue weighted by atomic mass is 35.5. The van der Waals surface area contributed by atoms with Gasteiger partial charge in [0, 0.05) is 11.6 Å². The molecule has 1 N–H and O–H groups in total. The Kier molecular flexibility index (Phi) is 4.66. The molecule has 0 bridgehead atoms. The quantitative estimate of drug-likeness (QED) is 0.879. The Morgan fingerprint density at radius 2 is 1.80 bits per heavy atom. The van der Waals surface area contributed by atoms with E-state index in [0.29, 0.717) is 6.04 Å². The van der Waals surface area contributed by atoms with Crippen molar-refractivity contribution in [2.75, 3.05) is 14.2 Å². The number of nitrogens with one attached hydrogen (secondary N) is 1. The lowest BCUT2D eigenvalue weighted by atomic mass is 9.78. The third-order valence-corrected chi connectivity index (χ3v) is 5.20. The molecule has 20 heavy (non-hydrogen) atoms. The summed E-state index contributed by atoms with van der Waals surface area (Å²) in [7, 11) is 3.91. The summed E-state index contributed by atoms with van der Waals surface area (Å²) in [6.07, 6.45) is 5.47. The molecule has 0 amide bonds. The van der Waals surface area contributed by atoms with Gasteiger partial charge in [-0.3, -0.25) is 0 Å². The normalized spacial score (nSPS) is 27.5. The van der Waals surface area contributed by atoms with E-state index >= 15 is 0 Å². The molecule has 2 nitrogen and oxygen atoms in total. The van der Waals surface area contributed by atoms with E-state index in [4.69, 9.17) is 4.74 Å². The van der Waals surface area contributed by atoms with E-state index in [1.54, 1.807) is 5.56 Å². The predicted octanol–water partition coefficient (Wildman–Crippen LogP) is 4.28. The SMILES string of the molecule is CNC1c2c(OC)c(C)cc(C)c2C2CCCCC21.Cl. The van der Waals surface area contributed by atoms with E-state index in [1.807, 2.05) is 7.11 Å². The molecule has 0 heterocycles. The van der Waals surface area contributed by atoms with E-state index in [-0.39, 0.29) is 12.4 Å². The molecule has 3 unspecified atom stereocenters. The fraction of sp³-hybridized carbons (Fsp3) is 0.647. The van der Waals surface area contributed by atoms with Crippen LogP contribution < -0.4 is 10.1 Å². The van der Waals surface area contributed by atoms with Crippen LogP contribution >= 0.6 is 12.4 Å². The third-order valence-electron chi connectivity index (χ3n) is 5.20. The maximum absolute atomic E-state index is 5.74. The first-order chi connectivity index (χ1) is 9.19.